The molecule has 0 saturated heterocycles. The number of aryl methyl sites for hydroxylation is 1. The van der Waals surface area contributed by atoms with E-state index in [-0.39, 0.29) is 5.56 Å². The minimum Gasteiger partial charge on any atom is -0.454 e. The molecule has 0 bridgehead atoms. The quantitative estimate of drug-likeness (QED) is 0.672. The van der Waals surface area contributed by atoms with Gasteiger partial charge in [-0.05, 0) is 37.3 Å². The number of pyridine rings is 1. The van der Waals surface area contributed by atoms with Gasteiger partial charge in [-0.3, -0.25) is 4.79 Å². The van der Waals surface area contributed by atoms with Gasteiger partial charge >= 0.3 is 0 Å². The highest BCUT2D eigenvalue weighted by Crippen LogP contribution is 2.30. The predicted octanol–water partition coefficient (Wildman–Crippen LogP) is 4.29. The number of benzene rings is 2. The Morgan fingerprint density at radius 3 is 2.76 bits per heavy atom. The molecule has 0 radical (unpaired) electrons. The lowest BCUT2D eigenvalue weighted by Gasteiger charge is -2.10. The molecule has 0 spiro atoms. The number of ether oxygens (including phenoxy) is 1. The molecule has 1 heterocycles. The maximum atomic E-state index is 13.2. The van der Waals surface area contributed by atoms with E-state index in [0.717, 1.165) is 17.1 Å². The monoisotopic (exact) mass is 281 g/mol. The molecule has 3 aromatic rings. The normalized spacial score (nSPS) is 10.6. The van der Waals surface area contributed by atoms with Crippen molar-refractivity contribution in [3.05, 3.63) is 65.6 Å². The average molecular weight is 281 g/mol. The second kappa shape index (κ2) is 5.32. The van der Waals surface area contributed by atoms with E-state index in [2.05, 4.69) is 4.98 Å². The molecule has 0 aliphatic heterocycles. The minimum atomic E-state index is -0.476. The van der Waals surface area contributed by atoms with Crippen LogP contribution in [0.1, 0.15) is 16.1 Å². The van der Waals surface area contributed by atoms with Crippen molar-refractivity contribution in [1.82, 2.24) is 4.98 Å². The number of carbonyl (C=O) groups excluding carboxylic acids is 1. The number of aromatic nitrogens is 1. The van der Waals surface area contributed by atoms with E-state index in [0.29, 0.717) is 23.3 Å². The highest BCUT2D eigenvalue weighted by atomic mass is 19.1. The third-order valence-electron chi connectivity index (χ3n) is 3.14. The van der Waals surface area contributed by atoms with E-state index in [1.54, 1.807) is 6.07 Å². The van der Waals surface area contributed by atoms with Crippen molar-refractivity contribution in [3.63, 3.8) is 0 Å². The standard InChI is InChI=1S/C17H12FNO2/c1-11-5-6-12-3-2-4-16(17(12)19-11)21-15-8-7-14(18)9-13(15)10-20/h2-10H,1H3. The first-order valence-corrected chi connectivity index (χ1v) is 6.46. The van der Waals surface area contributed by atoms with Crippen LogP contribution in [0.25, 0.3) is 10.9 Å². The van der Waals surface area contributed by atoms with Gasteiger partial charge in [-0.2, -0.15) is 0 Å². The second-order valence-corrected chi connectivity index (χ2v) is 4.68. The van der Waals surface area contributed by atoms with Gasteiger partial charge in [0.2, 0.25) is 0 Å². The topological polar surface area (TPSA) is 39.2 Å². The lowest BCUT2D eigenvalue weighted by atomic mass is 10.2. The summed E-state index contributed by atoms with van der Waals surface area (Å²) in [6, 6.07) is 13.3. The Labute approximate surface area is 121 Å². The van der Waals surface area contributed by atoms with E-state index in [4.69, 9.17) is 4.74 Å². The molecule has 0 unspecified atom stereocenters. The van der Waals surface area contributed by atoms with Crippen LogP contribution in [-0.2, 0) is 0 Å². The smallest absolute Gasteiger partial charge is 0.153 e. The first kappa shape index (κ1) is 13.2. The van der Waals surface area contributed by atoms with E-state index in [9.17, 15) is 9.18 Å². The van der Waals surface area contributed by atoms with Crippen LogP contribution in [0.4, 0.5) is 4.39 Å². The molecular weight excluding hydrogens is 269 g/mol. The van der Waals surface area contributed by atoms with Crippen LogP contribution in [0.2, 0.25) is 0 Å². The van der Waals surface area contributed by atoms with Gasteiger partial charge in [-0.25, -0.2) is 9.37 Å². The fourth-order valence-corrected chi connectivity index (χ4v) is 2.12. The van der Waals surface area contributed by atoms with Crippen LogP contribution in [0.15, 0.2) is 48.5 Å². The second-order valence-electron chi connectivity index (χ2n) is 4.68. The fraction of sp³-hybridized carbons (Fsp3) is 0.0588. The number of hydrogen-bond acceptors (Lipinski definition) is 3. The molecule has 3 rings (SSSR count). The molecule has 0 fully saturated rings. The summed E-state index contributed by atoms with van der Waals surface area (Å²) in [5.74, 6) is 0.365. The highest BCUT2D eigenvalue weighted by Gasteiger charge is 2.09. The summed E-state index contributed by atoms with van der Waals surface area (Å²) >= 11 is 0. The van der Waals surface area contributed by atoms with Crippen LogP contribution in [-0.4, -0.2) is 11.3 Å². The Balaban J connectivity index is 2.10. The van der Waals surface area contributed by atoms with Crippen molar-refractivity contribution in [2.45, 2.75) is 6.92 Å². The van der Waals surface area contributed by atoms with E-state index in [1.807, 2.05) is 31.2 Å². The molecule has 0 amide bonds. The predicted molar refractivity (Wildman–Crippen MR) is 78.3 cm³/mol. The third kappa shape index (κ3) is 2.60. The number of carbonyl (C=O) groups is 1. The Hall–Kier alpha value is -2.75. The molecular formula is C17H12FNO2. The van der Waals surface area contributed by atoms with E-state index < -0.39 is 5.82 Å². The summed E-state index contributed by atoms with van der Waals surface area (Å²) < 4.78 is 18.9. The number of halogens is 1. The van der Waals surface area contributed by atoms with Crippen molar-refractivity contribution in [3.8, 4) is 11.5 Å². The Bertz CT molecular complexity index is 830. The van der Waals surface area contributed by atoms with Crippen molar-refractivity contribution in [2.75, 3.05) is 0 Å². The first-order chi connectivity index (χ1) is 10.2. The number of hydrogen-bond donors (Lipinski definition) is 0. The van der Waals surface area contributed by atoms with Crippen LogP contribution in [0.3, 0.4) is 0 Å². The van der Waals surface area contributed by atoms with Gasteiger partial charge in [-0.15, -0.1) is 0 Å². The molecule has 0 saturated carbocycles. The maximum Gasteiger partial charge on any atom is 0.153 e. The fourth-order valence-electron chi connectivity index (χ4n) is 2.12. The zero-order valence-corrected chi connectivity index (χ0v) is 11.3. The van der Waals surface area contributed by atoms with Crippen LogP contribution in [0, 0.1) is 12.7 Å². The summed E-state index contributed by atoms with van der Waals surface area (Å²) in [6.45, 7) is 1.89. The molecule has 0 N–H and O–H groups in total. The van der Waals surface area contributed by atoms with Gasteiger partial charge in [0.05, 0.1) is 5.56 Å². The van der Waals surface area contributed by atoms with Crippen molar-refractivity contribution < 1.29 is 13.9 Å². The SMILES string of the molecule is Cc1ccc2cccc(Oc3ccc(F)cc3C=O)c2n1. The molecule has 4 heteroatoms. The number of rotatable bonds is 3. The number of fused-ring (bicyclic) bond motifs is 1. The van der Waals surface area contributed by atoms with Gasteiger partial charge in [0.1, 0.15) is 17.1 Å². The molecule has 2 aromatic carbocycles. The minimum absolute atomic E-state index is 0.166. The lowest BCUT2D eigenvalue weighted by molar-refractivity contribution is 0.112. The summed E-state index contributed by atoms with van der Waals surface area (Å²) in [5, 5.41) is 0.938. The largest absolute Gasteiger partial charge is 0.454 e. The summed E-state index contributed by atoms with van der Waals surface area (Å²) in [6.07, 6.45) is 0.572. The van der Waals surface area contributed by atoms with Gasteiger partial charge in [-0.1, -0.05) is 18.2 Å². The van der Waals surface area contributed by atoms with Crippen LogP contribution >= 0.6 is 0 Å². The molecule has 0 aliphatic carbocycles. The van der Waals surface area contributed by atoms with Crippen molar-refractivity contribution in [1.29, 1.82) is 0 Å². The van der Waals surface area contributed by atoms with Gasteiger partial charge in [0.15, 0.2) is 12.0 Å². The van der Waals surface area contributed by atoms with Crippen LogP contribution < -0.4 is 4.74 Å². The van der Waals surface area contributed by atoms with Crippen molar-refractivity contribution in [2.24, 2.45) is 0 Å². The average Bonchev–Trinajstić information content (AvgIpc) is 2.49. The molecule has 0 atom stereocenters. The number of nitrogens with zero attached hydrogens (tertiary/aromatic N) is 1. The Morgan fingerprint density at radius 2 is 1.95 bits per heavy atom. The van der Waals surface area contributed by atoms with Crippen molar-refractivity contribution >= 4 is 17.2 Å². The van der Waals surface area contributed by atoms with Gasteiger partial charge in [0, 0.05) is 11.1 Å². The molecule has 0 aliphatic rings. The van der Waals surface area contributed by atoms with Gasteiger partial charge < -0.3 is 4.74 Å². The summed E-state index contributed by atoms with van der Waals surface area (Å²) in [4.78, 5) is 15.5. The Kier molecular flexibility index (Phi) is 3.36. The molecule has 3 nitrogen and oxygen atoms in total. The van der Waals surface area contributed by atoms with E-state index >= 15 is 0 Å². The van der Waals surface area contributed by atoms with Gasteiger partial charge in [0.25, 0.3) is 0 Å². The third-order valence-corrected chi connectivity index (χ3v) is 3.14. The zero-order chi connectivity index (χ0) is 14.8. The van der Waals surface area contributed by atoms with E-state index in [1.165, 1.54) is 12.1 Å². The number of para-hydroxylation sites is 1. The zero-order valence-electron chi connectivity index (χ0n) is 11.3. The maximum absolute atomic E-state index is 13.2. The summed E-state index contributed by atoms with van der Waals surface area (Å²) in [5.41, 5.74) is 1.74. The Morgan fingerprint density at radius 1 is 1.10 bits per heavy atom. The first-order valence-electron chi connectivity index (χ1n) is 6.46. The lowest BCUT2D eigenvalue weighted by Crippen LogP contribution is -1.94. The van der Waals surface area contributed by atoms with Crippen LogP contribution in [0.5, 0.6) is 11.5 Å². The summed E-state index contributed by atoms with van der Waals surface area (Å²) in [7, 11) is 0. The molecule has 1 aromatic heterocycles. The molecule has 21 heavy (non-hydrogen) atoms. The number of aldehydes is 1. The highest BCUT2D eigenvalue weighted by molar-refractivity contribution is 5.85. The molecule has 104 valence electrons.